The fraction of sp³-hybridized carbons (Fsp3) is 1.00. The van der Waals surface area contributed by atoms with Gasteiger partial charge in [0.25, 0.3) is 20.2 Å². The van der Waals surface area contributed by atoms with Crippen LogP contribution < -0.4 is 0 Å². The monoisotopic (exact) mass is 256 g/mol. The van der Waals surface area contributed by atoms with E-state index in [1.54, 1.807) is 0 Å². The van der Waals surface area contributed by atoms with Gasteiger partial charge >= 0.3 is 0 Å². The molecular weight excluding hydrogens is 250 g/mol. The first-order valence-corrected chi connectivity index (χ1v) is 5.54. The van der Waals surface area contributed by atoms with Gasteiger partial charge in [0.1, 0.15) is 0 Å². The molecule has 0 saturated heterocycles. The third-order valence-electron chi connectivity index (χ3n) is 0. The third-order valence-corrected chi connectivity index (χ3v) is 0. The van der Waals surface area contributed by atoms with Crippen LogP contribution in [0, 0.1) is 0 Å². The minimum atomic E-state index is -3.67. The largest absolute Gasteiger partial charge is 0.286 e. The predicted octanol–water partition coefficient (Wildman–Crippen LogP) is -0.994. The Bertz CT molecular complexity index is 215. The van der Waals surface area contributed by atoms with Crippen molar-refractivity contribution < 1.29 is 45.4 Å². The molecule has 0 heterocycles. The summed E-state index contributed by atoms with van der Waals surface area (Å²) >= 11 is 0. The van der Waals surface area contributed by atoms with Crippen LogP contribution >= 0.6 is 0 Å². The van der Waals surface area contributed by atoms with Crippen molar-refractivity contribution in [1.29, 1.82) is 0 Å². The van der Waals surface area contributed by atoms with Gasteiger partial charge in [-0.15, -0.1) is 0 Å². The SMILES string of the molecule is CS(=O)(=O)O.CS(=O)(=O)O.[Zn]. The summed E-state index contributed by atoms with van der Waals surface area (Å²) in [5.41, 5.74) is 0. The molecule has 0 unspecified atom stereocenters. The van der Waals surface area contributed by atoms with E-state index in [-0.39, 0.29) is 19.5 Å². The molecule has 0 aliphatic heterocycles. The zero-order chi connectivity index (χ0) is 9.00. The minimum Gasteiger partial charge on any atom is -0.286 e. The van der Waals surface area contributed by atoms with Gasteiger partial charge in [-0.1, -0.05) is 0 Å². The molecule has 0 aromatic rings. The van der Waals surface area contributed by atoms with E-state index < -0.39 is 20.2 Å². The summed E-state index contributed by atoms with van der Waals surface area (Å²) in [4.78, 5) is 0. The Morgan fingerprint density at radius 3 is 0.818 bits per heavy atom. The summed E-state index contributed by atoms with van der Waals surface area (Å²) in [6.07, 6.45) is 1.43. The van der Waals surface area contributed by atoms with Crippen LogP contribution in [0.25, 0.3) is 0 Å². The molecule has 0 fully saturated rings. The molecule has 0 spiro atoms. The van der Waals surface area contributed by atoms with Crippen LogP contribution in [-0.4, -0.2) is 38.5 Å². The Morgan fingerprint density at radius 1 is 0.818 bits per heavy atom. The maximum Gasteiger partial charge on any atom is 0.261 e. The second-order valence-electron chi connectivity index (χ2n) is 1.47. The molecule has 0 bridgehead atoms. The number of hydrogen-bond donors (Lipinski definition) is 2. The molecule has 0 aromatic heterocycles. The maximum absolute atomic E-state index is 9.19. The summed E-state index contributed by atoms with van der Waals surface area (Å²) < 4.78 is 51.7. The Kier molecular flexibility index (Phi) is 9.57. The van der Waals surface area contributed by atoms with E-state index in [4.69, 9.17) is 9.11 Å². The standard InChI is InChI=1S/2CH4O3S.Zn/c2*1-5(2,3)4;/h2*1H3,(H,2,3,4);. The molecule has 66 valence electrons. The van der Waals surface area contributed by atoms with Crippen molar-refractivity contribution in [3.8, 4) is 0 Å². The fourth-order valence-corrected chi connectivity index (χ4v) is 0. The van der Waals surface area contributed by atoms with Gasteiger partial charge in [-0.2, -0.15) is 16.8 Å². The van der Waals surface area contributed by atoms with Crippen molar-refractivity contribution in [2.75, 3.05) is 12.5 Å². The van der Waals surface area contributed by atoms with Crippen LogP contribution in [0.1, 0.15) is 0 Å². The second-order valence-corrected chi connectivity index (χ2v) is 4.40. The molecule has 0 aliphatic rings. The molecule has 0 aliphatic carbocycles. The number of hydrogen-bond acceptors (Lipinski definition) is 4. The van der Waals surface area contributed by atoms with E-state index in [9.17, 15) is 16.8 Å². The maximum atomic E-state index is 9.19. The molecule has 2 N–H and O–H groups in total. The zero-order valence-corrected chi connectivity index (χ0v) is 10.7. The van der Waals surface area contributed by atoms with Crippen LogP contribution in [0.5, 0.6) is 0 Å². The van der Waals surface area contributed by atoms with Crippen molar-refractivity contribution in [1.82, 2.24) is 0 Å². The molecule has 0 rings (SSSR count). The van der Waals surface area contributed by atoms with Gasteiger partial charge in [0.2, 0.25) is 0 Å². The van der Waals surface area contributed by atoms with Crippen molar-refractivity contribution in [2.24, 2.45) is 0 Å². The Hall–Kier alpha value is 0.443. The smallest absolute Gasteiger partial charge is 0.261 e. The second kappa shape index (κ2) is 6.01. The van der Waals surface area contributed by atoms with Crippen LogP contribution in [0.15, 0.2) is 0 Å². The Balaban J connectivity index is -0.000000107. The Labute approximate surface area is 78.3 Å². The van der Waals surface area contributed by atoms with Crippen LogP contribution in [0.3, 0.4) is 0 Å². The van der Waals surface area contributed by atoms with E-state index in [2.05, 4.69) is 0 Å². The van der Waals surface area contributed by atoms with Gasteiger partial charge in [0, 0.05) is 19.5 Å². The van der Waals surface area contributed by atoms with Gasteiger partial charge in [0.05, 0.1) is 12.5 Å². The van der Waals surface area contributed by atoms with Gasteiger partial charge in [-0.3, -0.25) is 9.11 Å². The summed E-state index contributed by atoms with van der Waals surface area (Å²) in [6, 6.07) is 0. The minimum absolute atomic E-state index is 0. The summed E-state index contributed by atoms with van der Waals surface area (Å²) in [7, 11) is -7.33. The molecule has 9 heteroatoms. The average Bonchev–Trinajstić information content (AvgIpc) is 1.12. The van der Waals surface area contributed by atoms with Gasteiger partial charge in [0.15, 0.2) is 0 Å². The number of rotatable bonds is 0. The molecule has 0 radical (unpaired) electrons. The summed E-state index contributed by atoms with van der Waals surface area (Å²) in [5.74, 6) is 0. The summed E-state index contributed by atoms with van der Waals surface area (Å²) in [5, 5.41) is 0. The quantitative estimate of drug-likeness (QED) is 0.426. The van der Waals surface area contributed by atoms with Gasteiger partial charge < -0.3 is 0 Å². The molecule has 6 nitrogen and oxygen atoms in total. The molecule has 0 aromatic carbocycles. The van der Waals surface area contributed by atoms with Gasteiger partial charge in [-0.05, 0) is 0 Å². The first kappa shape index (κ1) is 17.5. The molecule has 0 atom stereocenters. The van der Waals surface area contributed by atoms with Gasteiger partial charge in [-0.25, -0.2) is 0 Å². The van der Waals surface area contributed by atoms with Crippen LogP contribution in [0.2, 0.25) is 0 Å². The van der Waals surface area contributed by atoms with Crippen LogP contribution in [-0.2, 0) is 39.7 Å². The van der Waals surface area contributed by atoms with Crippen molar-refractivity contribution >= 4 is 20.2 Å². The average molecular weight is 258 g/mol. The van der Waals surface area contributed by atoms with Crippen molar-refractivity contribution in [2.45, 2.75) is 0 Å². The molecule has 0 amide bonds. The van der Waals surface area contributed by atoms with Crippen LogP contribution in [0.4, 0.5) is 0 Å². The molecular formula is C2H8O6S2Zn. The topological polar surface area (TPSA) is 109 Å². The first-order chi connectivity index (χ1) is 4.00. The van der Waals surface area contributed by atoms with E-state index in [0.29, 0.717) is 12.5 Å². The fourth-order valence-electron chi connectivity index (χ4n) is 0. The first-order valence-electron chi connectivity index (χ1n) is 1.85. The zero-order valence-electron chi connectivity index (χ0n) is 6.05. The third kappa shape index (κ3) is 3790. The van der Waals surface area contributed by atoms with E-state index in [1.807, 2.05) is 0 Å². The van der Waals surface area contributed by atoms with Crippen molar-refractivity contribution in [3.05, 3.63) is 0 Å². The van der Waals surface area contributed by atoms with E-state index in [0.717, 1.165) is 0 Å². The predicted molar refractivity (Wildman–Crippen MR) is 34.9 cm³/mol. The normalized spacial score (nSPS) is 10.5. The van der Waals surface area contributed by atoms with E-state index in [1.165, 1.54) is 0 Å². The Morgan fingerprint density at radius 2 is 0.818 bits per heavy atom. The van der Waals surface area contributed by atoms with E-state index >= 15 is 0 Å². The van der Waals surface area contributed by atoms with Crippen molar-refractivity contribution in [3.63, 3.8) is 0 Å². The summed E-state index contributed by atoms with van der Waals surface area (Å²) in [6.45, 7) is 0. The molecule has 0 saturated carbocycles. The molecule has 11 heavy (non-hydrogen) atoms.